The molecular weight excluding hydrogens is 419 g/mol. The maximum absolute atomic E-state index is 12.6. The normalized spacial score (nSPS) is 18.2. The number of hydrogen-bond acceptors (Lipinski definition) is 3. The molecule has 1 aliphatic heterocycles. The quantitative estimate of drug-likeness (QED) is 0.589. The fraction of sp³-hybridized carbons (Fsp3) is 0.458. The summed E-state index contributed by atoms with van der Waals surface area (Å²) in [5, 5.41) is 3.37. The van der Waals surface area contributed by atoms with E-state index in [1.165, 1.54) is 23.1 Å². The molecule has 1 aliphatic carbocycles. The van der Waals surface area contributed by atoms with Crippen molar-refractivity contribution in [3.05, 3.63) is 57.6 Å². The van der Waals surface area contributed by atoms with Crippen molar-refractivity contribution in [3.8, 4) is 5.75 Å². The van der Waals surface area contributed by atoms with Crippen LogP contribution in [0.4, 0.5) is 10.5 Å². The van der Waals surface area contributed by atoms with Crippen LogP contribution in [-0.2, 0) is 12.8 Å². The van der Waals surface area contributed by atoms with Gasteiger partial charge in [-0.15, -0.1) is 12.4 Å². The average Bonchev–Trinajstić information content (AvgIpc) is 2.84. The second-order valence-corrected chi connectivity index (χ2v) is 9.04. The molecule has 30 heavy (non-hydrogen) atoms. The molecule has 2 aromatic carbocycles. The van der Waals surface area contributed by atoms with E-state index < -0.39 is 6.09 Å². The molecule has 4 rings (SSSR count). The zero-order chi connectivity index (χ0) is 20.5. The molecule has 0 saturated carbocycles. The molecular formula is C24H30Cl2N2O2. The fourth-order valence-corrected chi connectivity index (χ4v) is 4.93. The van der Waals surface area contributed by atoms with E-state index in [9.17, 15) is 4.79 Å². The Morgan fingerprint density at radius 2 is 1.97 bits per heavy atom. The Morgan fingerprint density at radius 1 is 1.23 bits per heavy atom. The number of benzene rings is 2. The number of ether oxygens (including phenoxy) is 1. The number of rotatable bonds is 3. The maximum atomic E-state index is 12.6. The Kier molecular flexibility index (Phi) is 7.33. The zero-order valence-corrected chi connectivity index (χ0v) is 19.4. The third-order valence-corrected chi connectivity index (χ3v) is 6.44. The van der Waals surface area contributed by atoms with Crippen LogP contribution in [0.2, 0.25) is 5.02 Å². The smallest absolute Gasteiger partial charge is 0.408 e. The van der Waals surface area contributed by atoms with Gasteiger partial charge in [0.1, 0.15) is 0 Å². The lowest BCUT2D eigenvalue weighted by molar-refractivity contribution is 0.214. The van der Waals surface area contributed by atoms with Crippen molar-refractivity contribution in [2.45, 2.75) is 51.4 Å². The lowest BCUT2D eigenvalue weighted by atomic mass is 9.79. The van der Waals surface area contributed by atoms with Crippen LogP contribution in [0.1, 0.15) is 60.8 Å². The van der Waals surface area contributed by atoms with Gasteiger partial charge in [-0.25, -0.2) is 4.79 Å². The SMILES string of the molecule is CC(C)c1ccc(NC(=O)Oc2c(Cl)cc3c4c2CCCC4CN(C)CC3)cc1.Cl. The summed E-state index contributed by atoms with van der Waals surface area (Å²) in [6, 6.07) is 9.88. The summed E-state index contributed by atoms with van der Waals surface area (Å²) in [7, 11) is 2.18. The highest BCUT2D eigenvalue weighted by atomic mass is 35.5. The van der Waals surface area contributed by atoms with Gasteiger partial charge >= 0.3 is 6.09 Å². The topological polar surface area (TPSA) is 41.6 Å². The van der Waals surface area contributed by atoms with E-state index in [1.54, 1.807) is 0 Å². The first-order valence-electron chi connectivity index (χ1n) is 10.5. The summed E-state index contributed by atoms with van der Waals surface area (Å²) >= 11 is 6.59. The van der Waals surface area contributed by atoms with Crippen molar-refractivity contribution >= 4 is 35.8 Å². The largest absolute Gasteiger partial charge is 0.417 e. The minimum Gasteiger partial charge on any atom is -0.408 e. The number of anilines is 1. The van der Waals surface area contributed by atoms with Crippen molar-refractivity contribution in [1.82, 2.24) is 4.90 Å². The molecule has 1 heterocycles. The predicted molar refractivity (Wildman–Crippen MR) is 126 cm³/mol. The molecule has 0 saturated heterocycles. The Hall–Kier alpha value is -1.75. The number of likely N-dealkylation sites (N-methyl/N-ethyl adjacent to an activating group) is 1. The Morgan fingerprint density at radius 3 is 2.67 bits per heavy atom. The molecule has 162 valence electrons. The lowest BCUT2D eigenvalue weighted by Gasteiger charge is -2.29. The van der Waals surface area contributed by atoms with Crippen molar-refractivity contribution in [2.24, 2.45) is 0 Å². The van der Waals surface area contributed by atoms with Crippen LogP contribution in [0.25, 0.3) is 0 Å². The second-order valence-electron chi connectivity index (χ2n) is 8.63. The monoisotopic (exact) mass is 448 g/mol. The van der Waals surface area contributed by atoms with Gasteiger partial charge in [0.15, 0.2) is 5.75 Å². The van der Waals surface area contributed by atoms with Crippen LogP contribution in [0.3, 0.4) is 0 Å². The van der Waals surface area contributed by atoms with E-state index in [1.807, 2.05) is 30.3 Å². The molecule has 1 N–H and O–H groups in total. The van der Waals surface area contributed by atoms with Gasteiger partial charge in [0.2, 0.25) is 0 Å². The van der Waals surface area contributed by atoms with Crippen molar-refractivity contribution in [2.75, 3.05) is 25.5 Å². The number of nitrogens with zero attached hydrogens (tertiary/aromatic N) is 1. The van der Waals surface area contributed by atoms with Crippen LogP contribution in [-0.4, -0.2) is 31.1 Å². The van der Waals surface area contributed by atoms with Crippen molar-refractivity contribution in [3.63, 3.8) is 0 Å². The van der Waals surface area contributed by atoms with Gasteiger partial charge in [0, 0.05) is 24.3 Å². The number of halogens is 2. The van der Waals surface area contributed by atoms with Gasteiger partial charge in [0.25, 0.3) is 0 Å². The molecule has 0 aromatic heterocycles. The molecule has 2 aliphatic rings. The highest BCUT2D eigenvalue weighted by molar-refractivity contribution is 6.32. The van der Waals surface area contributed by atoms with Gasteiger partial charge in [-0.05, 0) is 79.5 Å². The molecule has 0 fully saturated rings. The summed E-state index contributed by atoms with van der Waals surface area (Å²) in [4.78, 5) is 15.0. The maximum Gasteiger partial charge on any atom is 0.417 e. The van der Waals surface area contributed by atoms with Gasteiger partial charge in [-0.2, -0.15) is 0 Å². The van der Waals surface area contributed by atoms with E-state index in [0.717, 1.165) is 43.6 Å². The highest BCUT2D eigenvalue weighted by Crippen LogP contribution is 2.44. The van der Waals surface area contributed by atoms with E-state index >= 15 is 0 Å². The standard InChI is InChI=1S/C24H29ClN2O2.ClH/c1-15(2)16-7-9-19(10-8-16)26-24(28)29-23-20-6-4-5-18-14-27(3)12-11-17(22(18)20)13-21(23)25;/h7-10,13,15,18H,4-6,11-12,14H2,1-3H3,(H,26,28);1H. The first-order valence-corrected chi connectivity index (χ1v) is 10.9. The Balaban J connectivity index is 0.00000256. The number of carbonyl (C=O) groups is 1. The van der Waals surface area contributed by atoms with Crippen LogP contribution in [0.15, 0.2) is 30.3 Å². The summed E-state index contributed by atoms with van der Waals surface area (Å²) in [5.74, 6) is 1.48. The number of amides is 1. The lowest BCUT2D eigenvalue weighted by Crippen LogP contribution is -2.25. The van der Waals surface area contributed by atoms with E-state index in [0.29, 0.717) is 22.6 Å². The minimum absolute atomic E-state index is 0. The van der Waals surface area contributed by atoms with Crippen LogP contribution >= 0.6 is 24.0 Å². The fourth-order valence-electron chi connectivity index (χ4n) is 4.65. The summed E-state index contributed by atoms with van der Waals surface area (Å²) in [5.41, 5.74) is 5.77. The third kappa shape index (κ3) is 4.77. The molecule has 2 aromatic rings. The summed E-state index contributed by atoms with van der Waals surface area (Å²) < 4.78 is 5.77. The summed E-state index contributed by atoms with van der Waals surface area (Å²) in [6.07, 6.45) is 3.69. The molecule has 4 nitrogen and oxygen atoms in total. The highest BCUT2D eigenvalue weighted by Gasteiger charge is 2.31. The van der Waals surface area contributed by atoms with Crippen molar-refractivity contribution in [1.29, 1.82) is 0 Å². The van der Waals surface area contributed by atoms with Crippen LogP contribution < -0.4 is 10.1 Å². The average molecular weight is 449 g/mol. The van der Waals surface area contributed by atoms with Gasteiger partial charge < -0.3 is 9.64 Å². The summed E-state index contributed by atoms with van der Waals surface area (Å²) in [6.45, 7) is 6.38. The molecule has 0 radical (unpaired) electrons. The number of hydrogen-bond donors (Lipinski definition) is 1. The molecule has 0 bridgehead atoms. The molecule has 6 heteroatoms. The van der Waals surface area contributed by atoms with E-state index in [2.05, 4.69) is 31.1 Å². The van der Waals surface area contributed by atoms with Crippen LogP contribution in [0, 0.1) is 0 Å². The van der Waals surface area contributed by atoms with E-state index in [4.69, 9.17) is 16.3 Å². The first-order chi connectivity index (χ1) is 13.9. The first kappa shape index (κ1) is 22.9. The molecule has 1 unspecified atom stereocenters. The molecule has 1 atom stereocenters. The van der Waals surface area contributed by atoms with Crippen molar-refractivity contribution < 1.29 is 9.53 Å². The van der Waals surface area contributed by atoms with Gasteiger partial charge in [-0.3, -0.25) is 5.32 Å². The van der Waals surface area contributed by atoms with Crippen LogP contribution in [0.5, 0.6) is 5.75 Å². The van der Waals surface area contributed by atoms with E-state index in [-0.39, 0.29) is 12.4 Å². The predicted octanol–water partition coefficient (Wildman–Crippen LogP) is 6.40. The third-order valence-electron chi connectivity index (χ3n) is 6.16. The zero-order valence-electron chi connectivity index (χ0n) is 17.8. The molecule has 0 spiro atoms. The Labute approximate surface area is 190 Å². The van der Waals surface area contributed by atoms with Gasteiger partial charge in [0.05, 0.1) is 5.02 Å². The second kappa shape index (κ2) is 9.59. The minimum atomic E-state index is -0.492. The Bertz CT molecular complexity index is 912. The van der Waals surface area contributed by atoms with Gasteiger partial charge in [-0.1, -0.05) is 37.6 Å². The molecule has 1 amide bonds. The number of carbonyl (C=O) groups excluding carboxylic acids is 1. The number of nitrogens with one attached hydrogen (secondary N) is 1.